The van der Waals surface area contributed by atoms with Gasteiger partial charge in [0, 0.05) is 33.8 Å². The molecule has 0 unspecified atom stereocenters. The number of nitrogens with zero attached hydrogens (tertiary/aromatic N) is 2. The maximum absolute atomic E-state index is 12.4. The van der Waals surface area contributed by atoms with Crippen molar-refractivity contribution in [2.75, 3.05) is 5.32 Å². The van der Waals surface area contributed by atoms with Crippen LogP contribution in [0.5, 0.6) is 0 Å². The smallest absolute Gasteiger partial charge is 0.411 e. The molecular weight excluding hydrogens is 430 g/mol. The van der Waals surface area contributed by atoms with E-state index >= 15 is 0 Å². The minimum Gasteiger partial charge on any atom is -0.444 e. The van der Waals surface area contributed by atoms with Crippen LogP contribution in [0.4, 0.5) is 10.5 Å². The Morgan fingerprint density at radius 3 is 2.45 bits per heavy atom. The number of amides is 1. The van der Waals surface area contributed by atoms with Crippen molar-refractivity contribution in [3.8, 4) is 11.3 Å². The Bertz CT molecular complexity index is 1180. The van der Waals surface area contributed by atoms with Crippen molar-refractivity contribution in [3.05, 3.63) is 95.5 Å². The van der Waals surface area contributed by atoms with Crippen molar-refractivity contribution in [1.29, 1.82) is 0 Å². The number of nitrogens with one attached hydrogen (secondary N) is 1. The first kappa shape index (κ1) is 21.0. The lowest BCUT2D eigenvalue weighted by atomic mass is 10.1. The van der Waals surface area contributed by atoms with Crippen LogP contribution in [0.1, 0.15) is 5.56 Å². The molecule has 0 aliphatic heterocycles. The molecule has 1 heterocycles. The number of hydrogen-bond donors (Lipinski definition) is 1. The quantitative estimate of drug-likeness (QED) is 0.358. The van der Waals surface area contributed by atoms with E-state index < -0.39 is 6.09 Å². The fourth-order valence-electron chi connectivity index (χ4n) is 3.10. The van der Waals surface area contributed by atoms with Crippen LogP contribution in [-0.4, -0.2) is 15.9 Å². The Labute approximate surface area is 190 Å². The summed E-state index contributed by atoms with van der Waals surface area (Å²) in [4.78, 5) is 13.5. The van der Waals surface area contributed by atoms with Crippen LogP contribution in [-0.2, 0) is 18.4 Å². The van der Waals surface area contributed by atoms with E-state index in [9.17, 15) is 4.79 Å². The lowest BCUT2D eigenvalue weighted by Gasteiger charge is -2.10. The van der Waals surface area contributed by atoms with Gasteiger partial charge >= 0.3 is 6.09 Å². The summed E-state index contributed by atoms with van der Waals surface area (Å²) in [6.07, 6.45) is -0.555. The highest BCUT2D eigenvalue weighted by Gasteiger charge is 2.20. The van der Waals surface area contributed by atoms with Crippen molar-refractivity contribution < 1.29 is 9.53 Å². The van der Waals surface area contributed by atoms with Crippen LogP contribution >= 0.6 is 23.4 Å². The number of carbonyl (C=O) groups is 1. The lowest BCUT2D eigenvalue weighted by Crippen LogP contribution is -2.13. The van der Waals surface area contributed by atoms with Crippen molar-refractivity contribution in [3.63, 3.8) is 0 Å². The average Bonchev–Trinajstić information content (AvgIpc) is 3.09. The van der Waals surface area contributed by atoms with Crippen molar-refractivity contribution in [2.24, 2.45) is 7.05 Å². The van der Waals surface area contributed by atoms with Gasteiger partial charge in [-0.25, -0.2) is 4.79 Å². The molecule has 0 aliphatic carbocycles. The largest absolute Gasteiger partial charge is 0.444 e. The molecule has 0 saturated carbocycles. The van der Waals surface area contributed by atoms with E-state index in [1.807, 2.05) is 72.4 Å². The number of aryl methyl sites for hydroxylation is 1. The summed E-state index contributed by atoms with van der Waals surface area (Å²) in [5.41, 5.74) is 3.18. The molecule has 5 nitrogen and oxygen atoms in total. The van der Waals surface area contributed by atoms with E-state index in [1.165, 1.54) is 0 Å². The first-order valence-electron chi connectivity index (χ1n) is 9.63. The van der Waals surface area contributed by atoms with Gasteiger partial charge in [-0.3, -0.25) is 10.00 Å². The third-order valence-electron chi connectivity index (χ3n) is 4.51. The summed E-state index contributed by atoms with van der Waals surface area (Å²) in [5.74, 6) is 0. The van der Waals surface area contributed by atoms with Gasteiger partial charge in [0.2, 0.25) is 0 Å². The van der Waals surface area contributed by atoms with Gasteiger partial charge < -0.3 is 4.74 Å². The third kappa shape index (κ3) is 5.29. The summed E-state index contributed by atoms with van der Waals surface area (Å²) < 4.78 is 7.39. The first-order chi connectivity index (χ1) is 15.1. The zero-order chi connectivity index (χ0) is 21.6. The summed E-state index contributed by atoms with van der Waals surface area (Å²) in [6, 6.07) is 26.8. The Kier molecular flexibility index (Phi) is 6.60. The van der Waals surface area contributed by atoms with Crippen LogP contribution in [0.15, 0.2) is 94.9 Å². The fraction of sp³-hybridized carbons (Fsp3) is 0.0833. The number of aromatic nitrogens is 2. The standard InChI is InChI=1S/C24H20ClN3O2S/c1-28-23(31-20-13-6-3-7-14-20)21(22(27-28)17-9-4-2-5-10-17)16-30-24(29)26-19-12-8-11-18(25)15-19/h2-15H,16H2,1H3,(H,26,29). The van der Waals surface area contributed by atoms with Crippen molar-refractivity contribution in [1.82, 2.24) is 9.78 Å². The minimum atomic E-state index is -0.555. The van der Waals surface area contributed by atoms with Crippen LogP contribution in [0.2, 0.25) is 5.02 Å². The zero-order valence-electron chi connectivity index (χ0n) is 16.8. The van der Waals surface area contributed by atoms with Gasteiger partial charge in [0.05, 0.1) is 0 Å². The summed E-state index contributed by atoms with van der Waals surface area (Å²) in [7, 11) is 1.90. The molecule has 4 aromatic rings. The topological polar surface area (TPSA) is 56.2 Å². The maximum atomic E-state index is 12.4. The van der Waals surface area contributed by atoms with Gasteiger partial charge in [-0.1, -0.05) is 78.0 Å². The van der Waals surface area contributed by atoms with Crippen LogP contribution in [0, 0.1) is 0 Å². The molecule has 156 valence electrons. The number of hydrogen-bond acceptors (Lipinski definition) is 4. The number of rotatable bonds is 6. The Balaban J connectivity index is 1.60. The number of carbonyl (C=O) groups excluding carboxylic acids is 1. The van der Waals surface area contributed by atoms with Gasteiger partial charge in [0.1, 0.15) is 17.3 Å². The molecule has 1 aromatic heterocycles. The van der Waals surface area contributed by atoms with E-state index in [0.29, 0.717) is 10.7 Å². The highest BCUT2D eigenvalue weighted by Crippen LogP contribution is 2.36. The van der Waals surface area contributed by atoms with Gasteiger partial charge in [-0.15, -0.1) is 0 Å². The summed E-state index contributed by atoms with van der Waals surface area (Å²) in [6.45, 7) is 0.0830. The molecule has 7 heteroatoms. The number of benzene rings is 3. The van der Waals surface area contributed by atoms with E-state index in [1.54, 1.807) is 36.0 Å². The molecule has 0 bridgehead atoms. The predicted molar refractivity (Wildman–Crippen MR) is 124 cm³/mol. The van der Waals surface area contributed by atoms with Gasteiger partial charge in [0.15, 0.2) is 0 Å². The second-order valence-electron chi connectivity index (χ2n) is 6.75. The highest BCUT2D eigenvalue weighted by atomic mass is 35.5. The Morgan fingerprint density at radius 1 is 1.03 bits per heavy atom. The van der Waals surface area contributed by atoms with Crippen LogP contribution in [0.3, 0.4) is 0 Å². The normalized spacial score (nSPS) is 10.6. The summed E-state index contributed by atoms with van der Waals surface area (Å²) >= 11 is 7.57. The highest BCUT2D eigenvalue weighted by molar-refractivity contribution is 7.99. The molecule has 0 atom stereocenters. The van der Waals surface area contributed by atoms with E-state index in [4.69, 9.17) is 21.4 Å². The lowest BCUT2D eigenvalue weighted by molar-refractivity contribution is 0.154. The number of halogens is 1. The van der Waals surface area contributed by atoms with E-state index in [2.05, 4.69) is 5.32 Å². The second kappa shape index (κ2) is 9.73. The maximum Gasteiger partial charge on any atom is 0.411 e. The third-order valence-corrected chi connectivity index (χ3v) is 5.96. The second-order valence-corrected chi connectivity index (χ2v) is 8.25. The van der Waals surface area contributed by atoms with E-state index in [-0.39, 0.29) is 6.61 Å². The summed E-state index contributed by atoms with van der Waals surface area (Å²) in [5, 5.41) is 8.88. The molecule has 0 aliphatic rings. The van der Waals surface area contributed by atoms with E-state index in [0.717, 1.165) is 26.7 Å². The SMILES string of the molecule is Cn1nc(-c2ccccc2)c(COC(=O)Nc2cccc(Cl)c2)c1Sc1ccccc1. The molecule has 1 amide bonds. The molecule has 31 heavy (non-hydrogen) atoms. The van der Waals surface area contributed by atoms with Crippen LogP contribution in [0.25, 0.3) is 11.3 Å². The molecule has 1 N–H and O–H groups in total. The van der Waals surface area contributed by atoms with Gasteiger partial charge in [-0.05, 0) is 30.3 Å². The molecule has 0 spiro atoms. The molecule has 4 rings (SSSR count). The predicted octanol–water partition coefficient (Wildman–Crippen LogP) is 6.64. The number of ether oxygens (including phenoxy) is 1. The molecule has 0 saturated heterocycles. The Hall–Kier alpha value is -3.22. The van der Waals surface area contributed by atoms with Crippen LogP contribution < -0.4 is 5.32 Å². The van der Waals surface area contributed by atoms with Crippen molar-refractivity contribution in [2.45, 2.75) is 16.5 Å². The van der Waals surface area contributed by atoms with Crippen molar-refractivity contribution >= 4 is 35.1 Å². The molecule has 0 radical (unpaired) electrons. The van der Waals surface area contributed by atoms with Gasteiger partial charge in [-0.2, -0.15) is 5.10 Å². The minimum absolute atomic E-state index is 0.0830. The van der Waals surface area contributed by atoms with Gasteiger partial charge in [0.25, 0.3) is 0 Å². The zero-order valence-corrected chi connectivity index (χ0v) is 18.4. The first-order valence-corrected chi connectivity index (χ1v) is 10.8. The Morgan fingerprint density at radius 2 is 1.74 bits per heavy atom. The fourth-order valence-corrected chi connectivity index (χ4v) is 4.25. The molecule has 0 fully saturated rings. The average molecular weight is 450 g/mol. The number of anilines is 1. The monoisotopic (exact) mass is 449 g/mol. The molecular formula is C24H20ClN3O2S. The molecule has 3 aromatic carbocycles.